The maximum atomic E-state index is 13.7. The average Bonchev–Trinajstić information content (AvgIpc) is 3.29. The molecule has 0 amide bonds. The van der Waals surface area contributed by atoms with Crippen LogP contribution in [0, 0.1) is 18.3 Å². The van der Waals surface area contributed by atoms with Gasteiger partial charge in [0.1, 0.15) is 0 Å². The second-order valence-electron chi connectivity index (χ2n) is 9.21. The van der Waals surface area contributed by atoms with E-state index in [0.29, 0.717) is 11.3 Å². The zero-order chi connectivity index (χ0) is 28.0. The fourth-order valence-corrected chi connectivity index (χ4v) is 4.34. The lowest BCUT2D eigenvalue weighted by Gasteiger charge is -2.22. The summed E-state index contributed by atoms with van der Waals surface area (Å²) < 4.78 is 43.8. The molecule has 1 N–H and O–H groups in total. The van der Waals surface area contributed by atoms with Gasteiger partial charge in [0.2, 0.25) is 0 Å². The van der Waals surface area contributed by atoms with Crippen molar-refractivity contribution in [2.45, 2.75) is 46.0 Å². The van der Waals surface area contributed by atoms with Gasteiger partial charge < -0.3 is 5.11 Å². The number of rotatable bonds is 5. The first-order valence-electron chi connectivity index (χ1n) is 11.7. The quantitative estimate of drug-likeness (QED) is 0.420. The molecule has 2 aromatic carbocycles. The molecule has 0 saturated carbocycles. The number of hydrogen-bond donors (Lipinski definition) is 1. The standard InChI is InChI=1S/C27H24F3N5O3/c1-5-33-24(36)22(16(2)34(25(33)37)20-8-6-7-18(13-20)27(28,29)30)23-21(26(3,4)38)15-32-35(23)19-11-9-17(14-31)10-12-19/h6-13,15,38H,5H2,1-4H3. The maximum Gasteiger partial charge on any atom is 0.416 e. The lowest BCUT2D eigenvalue weighted by molar-refractivity contribution is -0.137. The van der Waals surface area contributed by atoms with E-state index in [0.717, 1.165) is 21.3 Å². The molecule has 4 aromatic rings. The second-order valence-corrected chi connectivity index (χ2v) is 9.21. The second kappa shape index (κ2) is 9.46. The van der Waals surface area contributed by atoms with Crippen molar-refractivity contribution in [2.24, 2.45) is 0 Å². The van der Waals surface area contributed by atoms with Crippen LogP contribution in [0.25, 0.3) is 22.6 Å². The molecular formula is C27H24F3N5O3. The minimum Gasteiger partial charge on any atom is -0.386 e. The predicted molar refractivity (Wildman–Crippen MR) is 134 cm³/mol. The summed E-state index contributed by atoms with van der Waals surface area (Å²) in [6, 6.07) is 12.6. The molecule has 0 saturated heterocycles. The van der Waals surface area contributed by atoms with Gasteiger partial charge in [0.25, 0.3) is 5.56 Å². The molecule has 0 aliphatic rings. The molecule has 0 spiro atoms. The number of hydrogen-bond acceptors (Lipinski definition) is 5. The Balaban J connectivity index is 2.13. The van der Waals surface area contributed by atoms with Crippen molar-refractivity contribution in [3.8, 4) is 28.7 Å². The van der Waals surface area contributed by atoms with Gasteiger partial charge in [-0.3, -0.25) is 13.9 Å². The fourth-order valence-electron chi connectivity index (χ4n) is 4.34. The van der Waals surface area contributed by atoms with E-state index in [1.54, 1.807) is 31.2 Å². The molecule has 38 heavy (non-hydrogen) atoms. The van der Waals surface area contributed by atoms with E-state index in [2.05, 4.69) is 5.10 Å². The van der Waals surface area contributed by atoms with Gasteiger partial charge in [-0.2, -0.15) is 23.5 Å². The van der Waals surface area contributed by atoms with Crippen molar-refractivity contribution < 1.29 is 18.3 Å². The van der Waals surface area contributed by atoms with Crippen molar-refractivity contribution in [1.82, 2.24) is 18.9 Å². The molecule has 0 aliphatic heterocycles. The Bertz CT molecular complexity index is 1680. The van der Waals surface area contributed by atoms with Crippen molar-refractivity contribution in [3.05, 3.63) is 98.0 Å². The summed E-state index contributed by atoms with van der Waals surface area (Å²) in [5, 5.41) is 24.5. The third kappa shape index (κ3) is 4.54. The van der Waals surface area contributed by atoms with Gasteiger partial charge in [0.15, 0.2) is 0 Å². The van der Waals surface area contributed by atoms with Crippen LogP contribution in [0.3, 0.4) is 0 Å². The largest absolute Gasteiger partial charge is 0.416 e. The van der Waals surface area contributed by atoms with Crippen molar-refractivity contribution in [1.29, 1.82) is 5.26 Å². The Kier molecular flexibility index (Phi) is 6.63. The zero-order valence-electron chi connectivity index (χ0n) is 21.0. The summed E-state index contributed by atoms with van der Waals surface area (Å²) in [5.41, 5.74) is -2.61. The first kappa shape index (κ1) is 26.6. The number of nitrogens with zero attached hydrogens (tertiary/aromatic N) is 5. The molecule has 196 valence electrons. The highest BCUT2D eigenvalue weighted by Gasteiger charge is 2.32. The Hall–Kier alpha value is -4.43. The van der Waals surface area contributed by atoms with Crippen LogP contribution in [0.2, 0.25) is 0 Å². The Labute approximate surface area is 215 Å². The SMILES string of the molecule is CCn1c(=O)c(-c2c(C(C)(C)O)cnn2-c2ccc(C#N)cc2)c(C)n(-c2cccc(C(F)(F)F)c2)c1=O. The van der Waals surface area contributed by atoms with Crippen LogP contribution in [-0.2, 0) is 18.3 Å². The highest BCUT2D eigenvalue weighted by atomic mass is 19.4. The van der Waals surface area contributed by atoms with Gasteiger partial charge in [0, 0.05) is 17.8 Å². The van der Waals surface area contributed by atoms with Crippen LogP contribution in [-0.4, -0.2) is 24.0 Å². The normalized spacial score (nSPS) is 12.0. The van der Waals surface area contributed by atoms with Crippen molar-refractivity contribution >= 4 is 0 Å². The van der Waals surface area contributed by atoms with Crippen LogP contribution in [0.1, 0.15) is 43.2 Å². The molecule has 0 aliphatic carbocycles. The molecule has 0 atom stereocenters. The zero-order valence-corrected chi connectivity index (χ0v) is 21.0. The van der Waals surface area contributed by atoms with E-state index < -0.39 is 28.6 Å². The van der Waals surface area contributed by atoms with Crippen LogP contribution >= 0.6 is 0 Å². The molecular weight excluding hydrogens is 499 g/mol. The van der Waals surface area contributed by atoms with E-state index in [9.17, 15) is 27.9 Å². The molecule has 0 bridgehead atoms. The summed E-state index contributed by atoms with van der Waals surface area (Å²) in [4.78, 5) is 27.1. The Morgan fingerprint density at radius 1 is 1.05 bits per heavy atom. The number of aliphatic hydroxyl groups is 1. The third-order valence-electron chi connectivity index (χ3n) is 6.23. The van der Waals surface area contributed by atoms with E-state index >= 15 is 0 Å². The fraction of sp³-hybridized carbons (Fsp3) is 0.259. The van der Waals surface area contributed by atoms with E-state index in [4.69, 9.17) is 5.26 Å². The molecule has 0 fully saturated rings. The number of benzene rings is 2. The summed E-state index contributed by atoms with van der Waals surface area (Å²) in [6.07, 6.45) is -3.25. The molecule has 11 heteroatoms. The van der Waals surface area contributed by atoms with Gasteiger partial charge in [-0.05, 0) is 70.2 Å². The van der Waals surface area contributed by atoms with E-state index in [-0.39, 0.29) is 34.7 Å². The molecule has 8 nitrogen and oxygen atoms in total. The monoisotopic (exact) mass is 523 g/mol. The highest BCUT2D eigenvalue weighted by molar-refractivity contribution is 5.69. The van der Waals surface area contributed by atoms with Crippen LogP contribution in [0.5, 0.6) is 0 Å². The lowest BCUT2D eigenvalue weighted by Crippen LogP contribution is -2.41. The highest BCUT2D eigenvalue weighted by Crippen LogP contribution is 2.34. The molecule has 2 heterocycles. The van der Waals surface area contributed by atoms with Crippen LogP contribution < -0.4 is 11.2 Å². The summed E-state index contributed by atoms with van der Waals surface area (Å²) in [6.45, 7) is 6.00. The van der Waals surface area contributed by atoms with Crippen LogP contribution in [0.15, 0.2) is 64.3 Å². The smallest absolute Gasteiger partial charge is 0.386 e. The number of halogens is 3. The summed E-state index contributed by atoms with van der Waals surface area (Å²) in [7, 11) is 0. The first-order chi connectivity index (χ1) is 17.8. The van der Waals surface area contributed by atoms with Crippen LogP contribution in [0.4, 0.5) is 13.2 Å². The average molecular weight is 524 g/mol. The lowest BCUT2D eigenvalue weighted by atomic mass is 9.95. The van der Waals surface area contributed by atoms with Gasteiger partial charge in [-0.1, -0.05) is 6.07 Å². The van der Waals surface area contributed by atoms with Crippen molar-refractivity contribution in [2.75, 3.05) is 0 Å². The molecule has 4 rings (SSSR count). The molecule has 2 aromatic heterocycles. The number of nitriles is 1. The van der Waals surface area contributed by atoms with Crippen molar-refractivity contribution in [3.63, 3.8) is 0 Å². The molecule has 0 radical (unpaired) electrons. The summed E-state index contributed by atoms with van der Waals surface area (Å²) in [5.74, 6) is 0. The third-order valence-corrected chi connectivity index (χ3v) is 6.23. The van der Waals surface area contributed by atoms with Gasteiger partial charge in [-0.15, -0.1) is 0 Å². The molecule has 0 unspecified atom stereocenters. The Morgan fingerprint density at radius 2 is 1.71 bits per heavy atom. The number of alkyl halides is 3. The predicted octanol–water partition coefficient (Wildman–Crippen LogP) is 4.30. The van der Waals surface area contributed by atoms with E-state index in [1.165, 1.54) is 43.8 Å². The topological polar surface area (TPSA) is 106 Å². The van der Waals surface area contributed by atoms with E-state index in [1.807, 2.05) is 6.07 Å². The maximum absolute atomic E-state index is 13.7. The first-order valence-corrected chi connectivity index (χ1v) is 11.7. The minimum atomic E-state index is -4.64. The minimum absolute atomic E-state index is 0.0113. The number of aromatic nitrogens is 4. The van der Waals surface area contributed by atoms with Gasteiger partial charge >= 0.3 is 11.9 Å². The Morgan fingerprint density at radius 3 is 2.26 bits per heavy atom. The van der Waals surface area contributed by atoms with Gasteiger partial charge in [-0.25, -0.2) is 9.48 Å². The van der Waals surface area contributed by atoms with Gasteiger partial charge in [0.05, 0.1) is 51.6 Å². The summed E-state index contributed by atoms with van der Waals surface area (Å²) >= 11 is 0.